The monoisotopic (exact) mass is 432 g/mol. The van der Waals surface area contributed by atoms with Crippen molar-refractivity contribution in [3.8, 4) is 0 Å². The Labute approximate surface area is 177 Å². The van der Waals surface area contributed by atoms with Gasteiger partial charge in [0.2, 0.25) is 0 Å². The number of thioether (sulfide) groups is 1. The molecular formula is C20H24N4O3S2. The Morgan fingerprint density at radius 2 is 2.24 bits per heavy atom. The van der Waals surface area contributed by atoms with Crippen LogP contribution in [0.2, 0.25) is 0 Å². The standard InChI is InChI=1S/C20H24N4O3S2/c1-4-9-28-19-21-16(23-24-17(25)13-7-6-8-26-13)15-12-10-20(3,5-2)27-11-14(12)29-18(15)22-19/h6-8H,4-5,9-11H2,1-3H3,(H,24,25)(H,21,22,23)/t20-/m1/s1. The molecule has 0 saturated carbocycles. The molecule has 0 radical (unpaired) electrons. The fraction of sp³-hybridized carbons (Fsp3) is 0.450. The Balaban J connectivity index is 1.71. The molecule has 0 saturated heterocycles. The summed E-state index contributed by atoms with van der Waals surface area (Å²) < 4.78 is 11.3. The quantitative estimate of drug-likeness (QED) is 0.315. The number of hydrogen-bond acceptors (Lipinski definition) is 8. The Morgan fingerprint density at radius 3 is 2.97 bits per heavy atom. The number of hydrogen-bond donors (Lipinski definition) is 2. The molecule has 29 heavy (non-hydrogen) atoms. The molecule has 2 N–H and O–H groups in total. The van der Waals surface area contributed by atoms with Gasteiger partial charge in [-0.1, -0.05) is 25.6 Å². The van der Waals surface area contributed by atoms with E-state index in [0.717, 1.165) is 35.2 Å². The van der Waals surface area contributed by atoms with E-state index in [1.54, 1.807) is 35.2 Å². The van der Waals surface area contributed by atoms with Crippen molar-refractivity contribution in [1.82, 2.24) is 15.4 Å². The summed E-state index contributed by atoms with van der Waals surface area (Å²) in [7, 11) is 0. The molecule has 9 heteroatoms. The molecule has 1 amide bonds. The molecule has 0 bridgehead atoms. The summed E-state index contributed by atoms with van der Waals surface area (Å²) in [6.07, 6.45) is 4.23. The number of furan rings is 1. The fourth-order valence-electron chi connectivity index (χ4n) is 3.21. The number of anilines is 1. The van der Waals surface area contributed by atoms with Gasteiger partial charge in [-0.2, -0.15) is 0 Å². The molecule has 4 rings (SSSR count). The Bertz CT molecular complexity index is 1020. The van der Waals surface area contributed by atoms with Gasteiger partial charge in [0.05, 0.1) is 23.9 Å². The van der Waals surface area contributed by atoms with Gasteiger partial charge in [0.25, 0.3) is 0 Å². The summed E-state index contributed by atoms with van der Waals surface area (Å²) in [5.74, 6) is 1.44. The first-order valence-electron chi connectivity index (χ1n) is 9.72. The Kier molecular flexibility index (Phi) is 5.80. The van der Waals surface area contributed by atoms with Crippen molar-refractivity contribution in [2.24, 2.45) is 0 Å². The Morgan fingerprint density at radius 1 is 1.38 bits per heavy atom. The summed E-state index contributed by atoms with van der Waals surface area (Å²) in [4.78, 5) is 23.9. The van der Waals surface area contributed by atoms with Crippen molar-refractivity contribution in [3.05, 3.63) is 34.6 Å². The van der Waals surface area contributed by atoms with E-state index in [2.05, 4.69) is 31.6 Å². The van der Waals surface area contributed by atoms with Crippen molar-refractivity contribution in [1.29, 1.82) is 0 Å². The zero-order valence-corrected chi connectivity index (χ0v) is 18.3. The molecule has 7 nitrogen and oxygen atoms in total. The van der Waals surface area contributed by atoms with E-state index in [1.165, 1.54) is 16.7 Å². The number of fused-ring (bicyclic) bond motifs is 3. The van der Waals surface area contributed by atoms with E-state index in [0.29, 0.717) is 17.6 Å². The lowest BCUT2D eigenvalue weighted by Gasteiger charge is -2.33. The number of ether oxygens (including phenoxy) is 1. The number of nitrogens with zero attached hydrogens (tertiary/aromatic N) is 2. The average Bonchev–Trinajstić information content (AvgIpc) is 3.38. The van der Waals surface area contributed by atoms with Crippen LogP contribution in [0, 0.1) is 0 Å². The lowest BCUT2D eigenvalue weighted by atomic mass is 9.90. The highest BCUT2D eigenvalue weighted by molar-refractivity contribution is 7.99. The van der Waals surface area contributed by atoms with Crippen LogP contribution >= 0.6 is 23.1 Å². The number of rotatable bonds is 7. The van der Waals surface area contributed by atoms with E-state index >= 15 is 0 Å². The van der Waals surface area contributed by atoms with Gasteiger partial charge in [-0.05, 0) is 37.5 Å². The minimum Gasteiger partial charge on any atom is -0.459 e. The molecule has 1 aliphatic heterocycles. The normalized spacial score (nSPS) is 18.6. The van der Waals surface area contributed by atoms with Crippen LogP contribution < -0.4 is 10.9 Å². The van der Waals surface area contributed by atoms with Gasteiger partial charge >= 0.3 is 5.91 Å². The summed E-state index contributed by atoms with van der Waals surface area (Å²) in [6.45, 7) is 6.98. The molecule has 1 atom stereocenters. The van der Waals surface area contributed by atoms with Crippen molar-refractivity contribution < 1.29 is 13.9 Å². The van der Waals surface area contributed by atoms with E-state index in [9.17, 15) is 4.79 Å². The third-order valence-electron chi connectivity index (χ3n) is 5.04. The van der Waals surface area contributed by atoms with Crippen LogP contribution in [0.4, 0.5) is 5.82 Å². The molecule has 0 spiro atoms. The van der Waals surface area contributed by atoms with Crippen LogP contribution in [0.3, 0.4) is 0 Å². The van der Waals surface area contributed by atoms with E-state index < -0.39 is 0 Å². The maximum Gasteiger partial charge on any atom is 0.305 e. The third-order valence-corrected chi connectivity index (χ3v) is 7.19. The van der Waals surface area contributed by atoms with Crippen molar-refractivity contribution >= 4 is 45.0 Å². The highest BCUT2D eigenvalue weighted by Gasteiger charge is 2.33. The SMILES string of the molecule is CCCSc1nc(NNC(=O)c2ccco2)c2c3c(sc2n1)CO[C@](C)(CC)C3. The molecule has 0 aromatic carbocycles. The molecule has 3 aromatic rings. The minimum absolute atomic E-state index is 0.203. The molecule has 0 fully saturated rings. The third kappa shape index (κ3) is 4.12. The van der Waals surface area contributed by atoms with E-state index in [1.807, 2.05) is 0 Å². The molecular weight excluding hydrogens is 408 g/mol. The van der Waals surface area contributed by atoms with E-state index in [-0.39, 0.29) is 17.3 Å². The van der Waals surface area contributed by atoms with Gasteiger partial charge in [-0.25, -0.2) is 9.97 Å². The summed E-state index contributed by atoms with van der Waals surface area (Å²) in [5.41, 5.74) is 6.72. The number of carbonyl (C=O) groups is 1. The van der Waals surface area contributed by atoms with Crippen LogP contribution in [-0.4, -0.2) is 27.2 Å². The number of hydrazine groups is 1. The number of aromatic nitrogens is 2. The van der Waals surface area contributed by atoms with Crippen molar-refractivity contribution in [2.45, 2.75) is 57.4 Å². The maximum atomic E-state index is 12.3. The van der Waals surface area contributed by atoms with Gasteiger partial charge in [0.15, 0.2) is 16.7 Å². The van der Waals surface area contributed by atoms with Gasteiger partial charge < -0.3 is 9.15 Å². The summed E-state index contributed by atoms with van der Waals surface area (Å²) in [5, 5.41) is 1.67. The van der Waals surface area contributed by atoms with Crippen LogP contribution in [0.15, 0.2) is 28.0 Å². The van der Waals surface area contributed by atoms with Gasteiger partial charge in [-0.3, -0.25) is 15.6 Å². The second-order valence-electron chi connectivity index (χ2n) is 7.21. The highest BCUT2D eigenvalue weighted by atomic mass is 32.2. The van der Waals surface area contributed by atoms with Crippen LogP contribution in [0.1, 0.15) is 54.6 Å². The highest BCUT2D eigenvalue weighted by Crippen LogP contribution is 2.42. The lowest BCUT2D eigenvalue weighted by Crippen LogP contribution is -2.34. The lowest BCUT2D eigenvalue weighted by molar-refractivity contribution is -0.0543. The van der Waals surface area contributed by atoms with Gasteiger partial charge in [0, 0.05) is 17.1 Å². The molecule has 4 heterocycles. The minimum atomic E-state index is -0.352. The summed E-state index contributed by atoms with van der Waals surface area (Å²) in [6, 6.07) is 3.30. The summed E-state index contributed by atoms with van der Waals surface area (Å²) >= 11 is 3.26. The predicted octanol–water partition coefficient (Wildman–Crippen LogP) is 4.78. The van der Waals surface area contributed by atoms with Gasteiger partial charge in [0.1, 0.15) is 4.83 Å². The second-order valence-corrected chi connectivity index (χ2v) is 9.36. The number of nitrogens with one attached hydrogen (secondary N) is 2. The van der Waals surface area contributed by atoms with Crippen molar-refractivity contribution in [3.63, 3.8) is 0 Å². The van der Waals surface area contributed by atoms with Crippen molar-refractivity contribution in [2.75, 3.05) is 11.2 Å². The van der Waals surface area contributed by atoms with Crippen LogP contribution in [0.5, 0.6) is 0 Å². The van der Waals surface area contributed by atoms with E-state index in [4.69, 9.17) is 19.1 Å². The molecule has 0 aliphatic carbocycles. The Hall–Kier alpha value is -2.10. The van der Waals surface area contributed by atoms with Crippen LogP contribution in [0.25, 0.3) is 10.2 Å². The first-order chi connectivity index (χ1) is 14.0. The fourth-order valence-corrected chi connectivity index (χ4v) is 5.07. The topological polar surface area (TPSA) is 89.3 Å². The largest absolute Gasteiger partial charge is 0.459 e. The molecule has 3 aromatic heterocycles. The zero-order valence-electron chi connectivity index (χ0n) is 16.7. The number of thiophene rings is 1. The predicted molar refractivity (Wildman–Crippen MR) is 115 cm³/mol. The zero-order chi connectivity index (χ0) is 20.4. The number of amides is 1. The van der Waals surface area contributed by atoms with Gasteiger partial charge in [-0.15, -0.1) is 11.3 Å². The molecule has 0 unspecified atom stereocenters. The number of carbonyl (C=O) groups excluding carboxylic acids is 1. The first-order valence-corrected chi connectivity index (χ1v) is 11.5. The molecule has 1 aliphatic rings. The maximum absolute atomic E-state index is 12.3. The average molecular weight is 433 g/mol. The second kappa shape index (κ2) is 8.33. The first kappa shape index (κ1) is 20.2. The smallest absolute Gasteiger partial charge is 0.305 e. The molecule has 154 valence electrons. The van der Waals surface area contributed by atoms with Crippen LogP contribution in [-0.2, 0) is 17.8 Å².